The van der Waals surface area contributed by atoms with E-state index >= 15 is 0 Å². The van der Waals surface area contributed by atoms with Gasteiger partial charge in [0.15, 0.2) is 5.58 Å². The maximum Gasteiger partial charge on any atom is 0.257 e. The zero-order chi connectivity index (χ0) is 16.0. The first-order valence-electron chi connectivity index (χ1n) is 7.31. The second-order valence-corrected chi connectivity index (χ2v) is 6.66. The molecule has 0 radical (unpaired) electrons. The van der Waals surface area contributed by atoms with Gasteiger partial charge in [0.1, 0.15) is 10.8 Å². The fraction of sp³-hybridized carbons (Fsp3) is 0.176. The minimum absolute atomic E-state index is 0.0165. The van der Waals surface area contributed by atoms with Gasteiger partial charge in [-0.15, -0.1) is 0 Å². The highest BCUT2D eigenvalue weighted by molar-refractivity contribution is 8.00. The molecular weight excluding hydrogens is 332 g/mol. The Morgan fingerprint density at radius 3 is 2.87 bits per heavy atom. The van der Waals surface area contributed by atoms with Gasteiger partial charge in [-0.1, -0.05) is 29.8 Å². The summed E-state index contributed by atoms with van der Waals surface area (Å²) < 4.78 is 5.74. The fourth-order valence-electron chi connectivity index (χ4n) is 2.84. The molecule has 116 valence electrons. The van der Waals surface area contributed by atoms with Crippen molar-refractivity contribution in [3.63, 3.8) is 0 Å². The molecular formula is C17H13ClN2O2S. The molecule has 0 N–H and O–H groups in total. The summed E-state index contributed by atoms with van der Waals surface area (Å²) in [5.74, 6) is 0.0165. The molecule has 1 aliphatic rings. The van der Waals surface area contributed by atoms with Gasteiger partial charge in [-0.05, 0) is 43.0 Å². The van der Waals surface area contributed by atoms with E-state index in [1.165, 1.54) is 11.8 Å². The Morgan fingerprint density at radius 2 is 2.09 bits per heavy atom. The van der Waals surface area contributed by atoms with Gasteiger partial charge in [0.05, 0.1) is 0 Å². The number of oxazole rings is 1. The Labute approximate surface area is 142 Å². The standard InChI is InChI=1S/C17H13ClN2O2S/c1-2-20-12-8-5-6-10(18)14(12)15(16(20)21)23-17-19-11-7-3-4-9-13(11)22-17/h3-9,15H,2H2,1H3. The highest BCUT2D eigenvalue weighted by Gasteiger charge is 2.39. The van der Waals surface area contributed by atoms with Crippen molar-refractivity contribution in [2.75, 3.05) is 11.4 Å². The van der Waals surface area contributed by atoms with E-state index in [4.69, 9.17) is 16.0 Å². The van der Waals surface area contributed by atoms with E-state index in [0.717, 1.165) is 16.8 Å². The second kappa shape index (κ2) is 5.58. The third kappa shape index (κ3) is 2.31. The number of likely N-dealkylation sites (N-methyl/N-ethyl adjacent to an activating group) is 1. The van der Waals surface area contributed by atoms with Crippen LogP contribution in [0.2, 0.25) is 5.02 Å². The molecule has 4 nitrogen and oxygen atoms in total. The van der Waals surface area contributed by atoms with Crippen molar-refractivity contribution in [3.8, 4) is 0 Å². The van der Waals surface area contributed by atoms with Crippen LogP contribution in [0.1, 0.15) is 17.7 Å². The number of hydrogen-bond acceptors (Lipinski definition) is 4. The van der Waals surface area contributed by atoms with Crippen LogP contribution < -0.4 is 4.90 Å². The number of anilines is 1. The molecule has 0 saturated carbocycles. The molecule has 1 unspecified atom stereocenters. The Kier molecular flexibility index (Phi) is 3.54. The van der Waals surface area contributed by atoms with Gasteiger partial charge in [0, 0.05) is 22.8 Å². The molecule has 0 saturated heterocycles. The number of fused-ring (bicyclic) bond motifs is 2. The number of carbonyl (C=O) groups excluding carboxylic acids is 1. The predicted octanol–water partition coefficient (Wildman–Crippen LogP) is 4.68. The normalized spacial score (nSPS) is 17.0. The van der Waals surface area contributed by atoms with Crippen LogP contribution in [-0.2, 0) is 4.79 Å². The summed E-state index contributed by atoms with van der Waals surface area (Å²) >= 11 is 7.66. The average molecular weight is 345 g/mol. The van der Waals surface area contributed by atoms with E-state index in [2.05, 4.69) is 4.98 Å². The smallest absolute Gasteiger partial charge is 0.257 e. The quantitative estimate of drug-likeness (QED) is 0.692. The monoisotopic (exact) mass is 344 g/mol. The molecule has 1 amide bonds. The van der Waals surface area contributed by atoms with Crippen LogP contribution in [0.25, 0.3) is 11.1 Å². The van der Waals surface area contributed by atoms with Gasteiger partial charge in [-0.25, -0.2) is 4.98 Å². The molecule has 0 fully saturated rings. The number of hydrogen-bond donors (Lipinski definition) is 0. The van der Waals surface area contributed by atoms with E-state index in [1.54, 1.807) is 4.90 Å². The fourth-order valence-corrected chi connectivity index (χ4v) is 4.27. The van der Waals surface area contributed by atoms with Crippen molar-refractivity contribution >= 4 is 46.1 Å². The van der Waals surface area contributed by atoms with Crippen molar-refractivity contribution in [3.05, 3.63) is 53.1 Å². The van der Waals surface area contributed by atoms with Gasteiger partial charge in [0.25, 0.3) is 5.22 Å². The lowest BCUT2D eigenvalue weighted by molar-refractivity contribution is -0.117. The number of amides is 1. The molecule has 6 heteroatoms. The number of rotatable bonds is 3. The Balaban J connectivity index is 1.75. The number of carbonyl (C=O) groups is 1. The summed E-state index contributed by atoms with van der Waals surface area (Å²) in [6.07, 6.45) is 0. The van der Waals surface area contributed by atoms with Crippen molar-refractivity contribution in [1.82, 2.24) is 4.98 Å². The van der Waals surface area contributed by atoms with E-state index in [1.807, 2.05) is 49.4 Å². The highest BCUT2D eigenvalue weighted by Crippen LogP contribution is 2.49. The van der Waals surface area contributed by atoms with Gasteiger partial charge >= 0.3 is 0 Å². The van der Waals surface area contributed by atoms with Gasteiger partial charge in [-0.3, -0.25) is 4.79 Å². The Bertz CT molecular complexity index is 875. The average Bonchev–Trinajstić information content (AvgIpc) is 3.07. The minimum Gasteiger partial charge on any atom is -0.431 e. The molecule has 23 heavy (non-hydrogen) atoms. The van der Waals surface area contributed by atoms with Gasteiger partial charge in [0.2, 0.25) is 5.91 Å². The van der Waals surface area contributed by atoms with Crippen LogP contribution in [-0.4, -0.2) is 17.4 Å². The summed E-state index contributed by atoms with van der Waals surface area (Å²) in [6.45, 7) is 2.56. The molecule has 2 heterocycles. The third-order valence-corrected chi connectivity index (χ3v) is 5.26. The molecule has 1 aliphatic heterocycles. The summed E-state index contributed by atoms with van der Waals surface area (Å²) in [7, 11) is 0. The minimum atomic E-state index is -0.424. The number of nitrogens with zero attached hydrogens (tertiary/aromatic N) is 2. The molecule has 0 bridgehead atoms. The lowest BCUT2D eigenvalue weighted by Gasteiger charge is -2.14. The van der Waals surface area contributed by atoms with Crippen LogP contribution in [0.15, 0.2) is 52.1 Å². The molecule has 4 rings (SSSR count). The molecule has 0 spiro atoms. The topological polar surface area (TPSA) is 46.3 Å². The zero-order valence-corrected chi connectivity index (χ0v) is 13.9. The largest absolute Gasteiger partial charge is 0.431 e. The SMILES string of the molecule is CCN1C(=O)C(Sc2nc3ccccc3o2)c2c(Cl)cccc21. The van der Waals surface area contributed by atoms with Gasteiger partial charge in [-0.2, -0.15) is 0 Å². The van der Waals surface area contributed by atoms with Crippen LogP contribution in [0.5, 0.6) is 0 Å². The molecule has 1 atom stereocenters. The number of benzene rings is 2. The summed E-state index contributed by atoms with van der Waals surface area (Å²) in [4.78, 5) is 18.9. The molecule has 3 aromatic rings. The number of para-hydroxylation sites is 2. The van der Waals surface area contributed by atoms with Crippen molar-refractivity contribution in [2.24, 2.45) is 0 Å². The van der Waals surface area contributed by atoms with Crippen LogP contribution in [0.3, 0.4) is 0 Å². The Morgan fingerprint density at radius 1 is 1.26 bits per heavy atom. The van der Waals surface area contributed by atoms with E-state index in [-0.39, 0.29) is 5.91 Å². The summed E-state index contributed by atoms with van der Waals surface area (Å²) in [6, 6.07) is 13.2. The first-order valence-corrected chi connectivity index (χ1v) is 8.57. The van der Waals surface area contributed by atoms with Crippen LogP contribution >= 0.6 is 23.4 Å². The molecule has 1 aromatic heterocycles. The third-order valence-electron chi connectivity index (χ3n) is 3.88. The second-order valence-electron chi connectivity index (χ2n) is 5.20. The lowest BCUT2D eigenvalue weighted by Crippen LogP contribution is -2.27. The lowest BCUT2D eigenvalue weighted by atomic mass is 10.1. The van der Waals surface area contributed by atoms with Crippen molar-refractivity contribution in [2.45, 2.75) is 17.4 Å². The first kappa shape index (κ1) is 14.6. The van der Waals surface area contributed by atoms with Crippen molar-refractivity contribution in [1.29, 1.82) is 0 Å². The Hall–Kier alpha value is -1.98. The van der Waals surface area contributed by atoms with Crippen LogP contribution in [0, 0.1) is 0 Å². The molecule has 0 aliphatic carbocycles. The predicted molar refractivity (Wildman–Crippen MR) is 92.1 cm³/mol. The van der Waals surface area contributed by atoms with E-state index in [9.17, 15) is 4.79 Å². The van der Waals surface area contributed by atoms with E-state index in [0.29, 0.717) is 22.4 Å². The molecule has 2 aromatic carbocycles. The summed E-state index contributed by atoms with van der Waals surface area (Å²) in [5, 5.41) is 0.653. The highest BCUT2D eigenvalue weighted by atomic mass is 35.5. The van der Waals surface area contributed by atoms with Gasteiger partial charge < -0.3 is 9.32 Å². The number of thioether (sulfide) groups is 1. The van der Waals surface area contributed by atoms with Crippen molar-refractivity contribution < 1.29 is 9.21 Å². The maximum atomic E-state index is 12.7. The number of aromatic nitrogens is 1. The maximum absolute atomic E-state index is 12.7. The first-order chi connectivity index (χ1) is 11.2. The number of halogens is 1. The van der Waals surface area contributed by atoms with Crippen LogP contribution in [0.4, 0.5) is 5.69 Å². The van der Waals surface area contributed by atoms with E-state index < -0.39 is 5.25 Å². The zero-order valence-electron chi connectivity index (χ0n) is 12.3. The summed E-state index contributed by atoms with van der Waals surface area (Å²) in [5.41, 5.74) is 3.21.